The van der Waals surface area contributed by atoms with Gasteiger partial charge in [-0.05, 0) is 39.0 Å². The van der Waals surface area contributed by atoms with E-state index < -0.39 is 18.3 Å². The third-order valence-electron chi connectivity index (χ3n) is 5.02. The molecule has 0 aliphatic carbocycles. The Morgan fingerprint density at radius 1 is 0.967 bits per heavy atom. The smallest absolute Gasteiger partial charge is 0.331 e. The number of fused-ring (bicyclic) bond motifs is 15. The van der Waals surface area contributed by atoms with E-state index >= 15 is 0 Å². The molecule has 3 N–H and O–H groups in total. The molecule has 0 aromatic carbocycles. The summed E-state index contributed by atoms with van der Waals surface area (Å²) in [6.07, 6.45) is 18.2. The largest absolute Gasteiger partial charge is 0.460 e. The van der Waals surface area contributed by atoms with Crippen molar-refractivity contribution in [2.75, 3.05) is 0 Å². The van der Waals surface area contributed by atoms with Crippen LogP contribution in [0.2, 0.25) is 0 Å². The molecule has 0 unspecified atom stereocenters. The van der Waals surface area contributed by atoms with Crippen LogP contribution in [0, 0.1) is 0 Å². The predicted molar refractivity (Wildman–Crippen MR) is 116 cm³/mol. The van der Waals surface area contributed by atoms with Crippen molar-refractivity contribution in [2.45, 2.75) is 82.1 Å². The zero-order chi connectivity index (χ0) is 21.8. The quantitative estimate of drug-likeness (QED) is 0.414. The highest BCUT2D eigenvalue weighted by Crippen LogP contribution is 2.27. The van der Waals surface area contributed by atoms with Gasteiger partial charge in [0, 0.05) is 12.5 Å². The Morgan fingerprint density at radius 2 is 1.73 bits per heavy atom. The predicted octanol–water partition coefficient (Wildman–Crippen LogP) is 2.90. The van der Waals surface area contributed by atoms with E-state index in [1.807, 2.05) is 25.2 Å². The van der Waals surface area contributed by atoms with Crippen molar-refractivity contribution >= 4 is 5.97 Å². The van der Waals surface area contributed by atoms with E-state index in [4.69, 9.17) is 9.47 Å². The van der Waals surface area contributed by atoms with E-state index in [9.17, 15) is 20.1 Å². The maximum atomic E-state index is 11.8. The second-order valence-corrected chi connectivity index (χ2v) is 7.76. The van der Waals surface area contributed by atoms with E-state index in [0.29, 0.717) is 19.3 Å². The number of esters is 1. The molecular weight excluding hydrogens is 384 g/mol. The molecule has 0 radical (unpaired) electrons. The fourth-order valence-corrected chi connectivity index (χ4v) is 3.27. The van der Waals surface area contributed by atoms with Crippen LogP contribution in [-0.2, 0) is 14.3 Å². The highest BCUT2D eigenvalue weighted by atomic mass is 16.6. The van der Waals surface area contributed by atoms with Gasteiger partial charge in [0.2, 0.25) is 0 Å². The van der Waals surface area contributed by atoms with Crippen molar-refractivity contribution < 1.29 is 29.6 Å². The highest BCUT2D eigenvalue weighted by molar-refractivity contribution is 5.82. The van der Waals surface area contributed by atoms with Gasteiger partial charge >= 0.3 is 5.97 Å². The topological polar surface area (TPSA) is 96.2 Å². The summed E-state index contributed by atoms with van der Waals surface area (Å²) in [6.45, 7) is 1.86. The van der Waals surface area contributed by atoms with Gasteiger partial charge in [0.1, 0.15) is 12.2 Å². The molecule has 6 heteroatoms. The molecule has 6 nitrogen and oxygen atoms in total. The molecule has 2 bridgehead atoms. The van der Waals surface area contributed by atoms with Crippen LogP contribution in [0.4, 0.5) is 0 Å². The average molecular weight is 419 g/mol. The first kappa shape index (κ1) is 24.3. The normalized spacial score (nSPS) is 36.9. The second kappa shape index (κ2) is 13.3. The van der Waals surface area contributed by atoms with E-state index in [-0.39, 0.29) is 24.3 Å². The van der Waals surface area contributed by atoms with Crippen LogP contribution in [0.1, 0.15) is 45.4 Å². The standard InChI is InChI=1S/C24H34O6/c1-18-11-5-2-9-15-21-24(28)22(30-21)17-20(26)14-8-3-6-12-19(25)13-7-4-10-16-23(27)29-18/h3-4,6-10,12,15-16,18-22,24-26,28H,2,5,11,13-14,17H2,1H3/b7-4+,8-3?,12-6?,15-9+,16-10?/t18-,19-,20+,21+,22-,24+/m1/s1. The van der Waals surface area contributed by atoms with Crippen LogP contribution in [0.25, 0.3) is 0 Å². The summed E-state index contributed by atoms with van der Waals surface area (Å²) in [5.74, 6) is -0.387. The molecule has 1 fully saturated rings. The number of carbonyl (C=O) groups is 1. The molecule has 0 amide bonds. The summed E-state index contributed by atoms with van der Waals surface area (Å²) in [7, 11) is 0. The number of ether oxygens (including phenoxy) is 2. The molecule has 3 aliphatic rings. The lowest BCUT2D eigenvalue weighted by Crippen LogP contribution is -2.53. The third kappa shape index (κ3) is 9.22. The minimum Gasteiger partial charge on any atom is -0.460 e. The molecular formula is C24H34O6. The summed E-state index contributed by atoms with van der Waals surface area (Å²) in [5, 5.41) is 30.2. The van der Waals surface area contributed by atoms with Gasteiger partial charge < -0.3 is 24.8 Å². The molecule has 6 atom stereocenters. The minimum atomic E-state index is -0.634. The van der Waals surface area contributed by atoms with Crippen LogP contribution >= 0.6 is 0 Å². The molecule has 3 heterocycles. The van der Waals surface area contributed by atoms with Crippen molar-refractivity contribution in [3.05, 3.63) is 60.8 Å². The lowest BCUT2D eigenvalue weighted by molar-refractivity contribution is -0.209. The van der Waals surface area contributed by atoms with Gasteiger partial charge in [0.15, 0.2) is 0 Å². The summed E-state index contributed by atoms with van der Waals surface area (Å²) < 4.78 is 11.0. The van der Waals surface area contributed by atoms with Crippen molar-refractivity contribution in [3.63, 3.8) is 0 Å². The SMILES string of the molecule is C[C@@H]1CCC/C=C/[C@@H]2O[C@H](C[C@@H](O)CC=CC=C[C@@H](O)C/C=C/C=CC(=O)O1)[C@H]2O. The van der Waals surface area contributed by atoms with Crippen molar-refractivity contribution in [1.29, 1.82) is 0 Å². The molecule has 0 aromatic heterocycles. The van der Waals surface area contributed by atoms with Crippen LogP contribution in [-0.4, -0.2) is 57.9 Å². The van der Waals surface area contributed by atoms with Gasteiger partial charge in [0.25, 0.3) is 0 Å². The summed E-state index contributed by atoms with van der Waals surface area (Å²) in [5.41, 5.74) is 0. The first-order valence-corrected chi connectivity index (χ1v) is 10.7. The zero-order valence-electron chi connectivity index (χ0n) is 17.5. The van der Waals surface area contributed by atoms with Gasteiger partial charge in [-0.3, -0.25) is 0 Å². The number of allylic oxidation sites excluding steroid dienone is 5. The summed E-state index contributed by atoms with van der Waals surface area (Å²) in [6, 6.07) is 0. The number of aliphatic hydroxyl groups excluding tert-OH is 3. The second-order valence-electron chi connectivity index (χ2n) is 7.76. The molecule has 0 spiro atoms. The van der Waals surface area contributed by atoms with E-state index in [0.717, 1.165) is 19.3 Å². The Labute approximate surface area is 178 Å². The molecule has 30 heavy (non-hydrogen) atoms. The van der Waals surface area contributed by atoms with Gasteiger partial charge in [-0.1, -0.05) is 54.7 Å². The lowest BCUT2D eigenvalue weighted by atomic mass is 9.94. The summed E-state index contributed by atoms with van der Waals surface area (Å²) >= 11 is 0. The molecule has 3 rings (SSSR count). The first-order valence-electron chi connectivity index (χ1n) is 10.7. The fourth-order valence-electron chi connectivity index (χ4n) is 3.27. The van der Waals surface area contributed by atoms with Crippen LogP contribution in [0.15, 0.2) is 60.8 Å². The lowest BCUT2D eigenvalue weighted by Gasteiger charge is -2.41. The molecule has 166 valence electrons. The van der Waals surface area contributed by atoms with Gasteiger partial charge in [-0.25, -0.2) is 4.79 Å². The number of hydrogen-bond acceptors (Lipinski definition) is 6. The van der Waals surface area contributed by atoms with Gasteiger partial charge in [0.05, 0.1) is 24.4 Å². The van der Waals surface area contributed by atoms with Crippen molar-refractivity contribution in [1.82, 2.24) is 0 Å². The Kier molecular flexibility index (Phi) is 10.8. The fraction of sp³-hybridized carbons (Fsp3) is 0.542. The van der Waals surface area contributed by atoms with E-state index in [1.54, 1.807) is 36.5 Å². The Morgan fingerprint density at radius 3 is 2.53 bits per heavy atom. The Balaban J connectivity index is 1.91. The maximum Gasteiger partial charge on any atom is 0.331 e. The van der Waals surface area contributed by atoms with Crippen molar-refractivity contribution in [3.8, 4) is 0 Å². The molecule has 0 aromatic rings. The van der Waals surface area contributed by atoms with Gasteiger partial charge in [-0.2, -0.15) is 0 Å². The first-order chi connectivity index (χ1) is 14.5. The van der Waals surface area contributed by atoms with Gasteiger partial charge in [-0.15, -0.1) is 0 Å². The van der Waals surface area contributed by atoms with Crippen LogP contribution < -0.4 is 0 Å². The number of carbonyl (C=O) groups excluding carboxylic acids is 1. The zero-order valence-corrected chi connectivity index (χ0v) is 17.5. The van der Waals surface area contributed by atoms with E-state index in [1.165, 1.54) is 6.08 Å². The summed E-state index contributed by atoms with van der Waals surface area (Å²) in [4.78, 5) is 11.8. The monoisotopic (exact) mass is 418 g/mol. The molecule has 1 saturated heterocycles. The maximum absolute atomic E-state index is 11.8. The Bertz CT molecular complexity index is 663. The minimum absolute atomic E-state index is 0.179. The van der Waals surface area contributed by atoms with E-state index in [2.05, 4.69) is 0 Å². The number of rotatable bonds is 0. The van der Waals surface area contributed by atoms with Crippen LogP contribution in [0.5, 0.6) is 0 Å². The molecule has 3 aliphatic heterocycles. The molecule has 0 saturated carbocycles. The highest BCUT2D eigenvalue weighted by Gasteiger charge is 2.40. The number of hydrogen-bond donors (Lipinski definition) is 3. The number of aliphatic hydroxyl groups is 3. The third-order valence-corrected chi connectivity index (χ3v) is 5.02. The average Bonchev–Trinajstić information content (AvgIpc) is 2.70. The van der Waals surface area contributed by atoms with Crippen molar-refractivity contribution in [2.24, 2.45) is 0 Å². The Hall–Kier alpha value is -1.99. The van der Waals surface area contributed by atoms with Crippen LogP contribution in [0.3, 0.4) is 0 Å².